The minimum Gasteiger partial charge on any atom is -0.481 e. The number of aryl methyl sites for hydroxylation is 1. The van der Waals surface area contributed by atoms with Gasteiger partial charge in [-0.3, -0.25) is 9.20 Å². The molecular weight excluding hydrogens is 212 g/mol. The Kier molecular flexibility index (Phi) is 1.68. The minimum atomic E-state index is -0.690. The molecule has 1 fully saturated rings. The van der Waals surface area contributed by atoms with E-state index in [1.54, 1.807) is 11.3 Å². The van der Waals surface area contributed by atoms with Crippen LogP contribution in [0.15, 0.2) is 11.6 Å². The van der Waals surface area contributed by atoms with Gasteiger partial charge < -0.3 is 5.11 Å². The van der Waals surface area contributed by atoms with Gasteiger partial charge in [-0.2, -0.15) is 0 Å². The van der Waals surface area contributed by atoms with Crippen LogP contribution in [0.2, 0.25) is 0 Å². The van der Waals surface area contributed by atoms with Crippen LogP contribution in [0.25, 0.3) is 4.96 Å². The SMILES string of the molecule is Cc1nc2sccn2c1C1CC1C(=O)O. The van der Waals surface area contributed by atoms with Gasteiger partial charge in [0, 0.05) is 17.5 Å². The van der Waals surface area contributed by atoms with Crippen molar-refractivity contribution < 1.29 is 9.90 Å². The first-order valence-corrected chi connectivity index (χ1v) is 5.71. The zero-order chi connectivity index (χ0) is 10.6. The Morgan fingerprint density at radius 2 is 2.53 bits per heavy atom. The molecule has 1 N–H and O–H groups in total. The summed E-state index contributed by atoms with van der Waals surface area (Å²) in [6.07, 6.45) is 2.71. The van der Waals surface area contributed by atoms with Crippen molar-refractivity contribution in [1.29, 1.82) is 0 Å². The van der Waals surface area contributed by atoms with Crippen molar-refractivity contribution >= 4 is 22.3 Å². The maximum atomic E-state index is 10.8. The molecule has 0 radical (unpaired) electrons. The lowest BCUT2D eigenvalue weighted by molar-refractivity contribution is -0.138. The standard InChI is InChI=1S/C10H10N2O2S/c1-5-8(6-4-7(6)9(13)14)12-2-3-15-10(12)11-5/h2-3,6-7H,4H2,1H3,(H,13,14). The van der Waals surface area contributed by atoms with Crippen molar-refractivity contribution in [2.45, 2.75) is 19.3 Å². The summed E-state index contributed by atoms with van der Waals surface area (Å²) in [5.74, 6) is -0.736. The molecule has 5 heteroatoms. The van der Waals surface area contributed by atoms with Crippen LogP contribution in [-0.2, 0) is 4.79 Å². The highest BCUT2D eigenvalue weighted by atomic mass is 32.1. The molecule has 0 amide bonds. The number of aliphatic carboxylic acids is 1. The second kappa shape index (κ2) is 2.82. The van der Waals surface area contributed by atoms with E-state index in [0.29, 0.717) is 0 Å². The third-order valence-electron chi connectivity index (χ3n) is 2.94. The highest BCUT2D eigenvalue weighted by molar-refractivity contribution is 7.15. The first kappa shape index (κ1) is 8.91. The maximum Gasteiger partial charge on any atom is 0.307 e. The molecule has 0 aromatic carbocycles. The zero-order valence-electron chi connectivity index (χ0n) is 8.17. The topological polar surface area (TPSA) is 54.6 Å². The molecule has 2 atom stereocenters. The number of nitrogens with zero attached hydrogens (tertiary/aromatic N) is 2. The van der Waals surface area contributed by atoms with Gasteiger partial charge in [0.2, 0.25) is 0 Å². The Balaban J connectivity index is 2.07. The van der Waals surface area contributed by atoms with Gasteiger partial charge in [0.1, 0.15) is 0 Å². The van der Waals surface area contributed by atoms with Crippen LogP contribution in [0.5, 0.6) is 0 Å². The number of carboxylic acid groups (broad SMARTS) is 1. The molecule has 0 saturated heterocycles. The smallest absolute Gasteiger partial charge is 0.307 e. The second-order valence-electron chi connectivity index (χ2n) is 3.92. The van der Waals surface area contributed by atoms with Gasteiger partial charge in [0.15, 0.2) is 4.96 Å². The largest absolute Gasteiger partial charge is 0.481 e. The predicted octanol–water partition coefficient (Wildman–Crippen LogP) is 1.89. The van der Waals surface area contributed by atoms with Crippen LogP contribution in [0, 0.1) is 12.8 Å². The minimum absolute atomic E-state index is 0.159. The molecule has 2 aromatic heterocycles. The third-order valence-corrected chi connectivity index (χ3v) is 3.70. The van der Waals surface area contributed by atoms with E-state index >= 15 is 0 Å². The van der Waals surface area contributed by atoms with Gasteiger partial charge >= 0.3 is 5.97 Å². The number of hydrogen-bond acceptors (Lipinski definition) is 3. The number of imidazole rings is 1. The summed E-state index contributed by atoms with van der Waals surface area (Å²) in [6.45, 7) is 1.95. The van der Waals surface area contributed by atoms with E-state index in [0.717, 1.165) is 22.8 Å². The van der Waals surface area contributed by atoms with E-state index in [4.69, 9.17) is 5.11 Å². The highest BCUT2D eigenvalue weighted by Crippen LogP contribution is 2.48. The van der Waals surface area contributed by atoms with Gasteiger partial charge in [-0.25, -0.2) is 4.98 Å². The lowest BCUT2D eigenvalue weighted by Crippen LogP contribution is -2.00. The number of hydrogen-bond donors (Lipinski definition) is 1. The van der Waals surface area contributed by atoms with Crippen LogP contribution in [0.1, 0.15) is 23.7 Å². The van der Waals surface area contributed by atoms with E-state index in [9.17, 15) is 4.79 Å². The molecule has 1 saturated carbocycles. The highest BCUT2D eigenvalue weighted by Gasteiger charge is 2.46. The maximum absolute atomic E-state index is 10.8. The first-order valence-electron chi connectivity index (χ1n) is 4.83. The normalized spacial score (nSPS) is 24.6. The fraction of sp³-hybridized carbons (Fsp3) is 0.400. The fourth-order valence-corrected chi connectivity index (χ4v) is 2.90. The van der Waals surface area contributed by atoms with E-state index < -0.39 is 5.97 Å². The molecule has 78 valence electrons. The average molecular weight is 222 g/mol. The molecule has 0 bridgehead atoms. The number of aromatic nitrogens is 2. The molecule has 2 aromatic rings. The quantitative estimate of drug-likeness (QED) is 0.844. The Morgan fingerprint density at radius 1 is 1.73 bits per heavy atom. The van der Waals surface area contributed by atoms with Gasteiger partial charge in [-0.05, 0) is 13.3 Å². The van der Waals surface area contributed by atoms with E-state index in [1.165, 1.54) is 0 Å². The molecule has 15 heavy (non-hydrogen) atoms. The van der Waals surface area contributed by atoms with Crippen molar-refractivity contribution in [3.05, 3.63) is 23.0 Å². The summed E-state index contributed by atoms with van der Waals surface area (Å²) in [5, 5.41) is 10.9. The molecule has 1 aliphatic rings. The Morgan fingerprint density at radius 3 is 3.20 bits per heavy atom. The van der Waals surface area contributed by atoms with Gasteiger partial charge in [-0.15, -0.1) is 11.3 Å². The third kappa shape index (κ3) is 1.19. The summed E-state index contributed by atoms with van der Waals surface area (Å²) < 4.78 is 2.02. The Labute approximate surface area is 90.2 Å². The zero-order valence-corrected chi connectivity index (χ0v) is 8.99. The van der Waals surface area contributed by atoms with Gasteiger partial charge in [0.25, 0.3) is 0 Å². The number of carbonyl (C=O) groups is 1. The van der Waals surface area contributed by atoms with Crippen molar-refractivity contribution in [1.82, 2.24) is 9.38 Å². The Bertz CT molecular complexity index is 543. The van der Waals surface area contributed by atoms with Crippen molar-refractivity contribution in [3.8, 4) is 0 Å². The fourth-order valence-electron chi connectivity index (χ4n) is 2.13. The van der Waals surface area contributed by atoms with Crippen LogP contribution in [-0.4, -0.2) is 20.5 Å². The number of rotatable bonds is 2. The lowest BCUT2D eigenvalue weighted by Gasteiger charge is -1.97. The first-order chi connectivity index (χ1) is 7.18. The monoisotopic (exact) mass is 222 g/mol. The summed E-state index contributed by atoms with van der Waals surface area (Å²) >= 11 is 1.58. The molecule has 0 aliphatic heterocycles. The lowest BCUT2D eigenvalue weighted by atomic mass is 10.2. The molecular formula is C10H10N2O2S. The average Bonchev–Trinajstić information content (AvgIpc) is 2.71. The number of carboxylic acids is 1. The summed E-state index contributed by atoms with van der Waals surface area (Å²) in [4.78, 5) is 16.2. The molecule has 3 rings (SSSR count). The van der Waals surface area contributed by atoms with Crippen molar-refractivity contribution in [2.75, 3.05) is 0 Å². The van der Waals surface area contributed by atoms with E-state index in [-0.39, 0.29) is 11.8 Å². The molecule has 2 heterocycles. The second-order valence-corrected chi connectivity index (χ2v) is 4.80. The molecule has 4 nitrogen and oxygen atoms in total. The van der Waals surface area contributed by atoms with E-state index in [1.807, 2.05) is 22.9 Å². The number of fused-ring (bicyclic) bond motifs is 1. The molecule has 1 aliphatic carbocycles. The van der Waals surface area contributed by atoms with Crippen LogP contribution >= 0.6 is 11.3 Å². The summed E-state index contributed by atoms with van der Waals surface area (Å²) in [5.41, 5.74) is 2.05. The Hall–Kier alpha value is -1.36. The van der Waals surface area contributed by atoms with Crippen LogP contribution in [0.4, 0.5) is 0 Å². The van der Waals surface area contributed by atoms with Gasteiger partial charge in [0.05, 0.1) is 17.3 Å². The van der Waals surface area contributed by atoms with Crippen LogP contribution < -0.4 is 0 Å². The predicted molar refractivity (Wildman–Crippen MR) is 56.3 cm³/mol. The van der Waals surface area contributed by atoms with E-state index in [2.05, 4.69) is 4.98 Å². The molecule has 2 unspecified atom stereocenters. The summed E-state index contributed by atoms with van der Waals surface area (Å²) in [7, 11) is 0. The van der Waals surface area contributed by atoms with Crippen molar-refractivity contribution in [3.63, 3.8) is 0 Å². The van der Waals surface area contributed by atoms with Crippen molar-refractivity contribution in [2.24, 2.45) is 5.92 Å². The van der Waals surface area contributed by atoms with Crippen LogP contribution in [0.3, 0.4) is 0 Å². The molecule has 0 spiro atoms. The van der Waals surface area contributed by atoms with Gasteiger partial charge in [-0.1, -0.05) is 0 Å². The number of thiazole rings is 1. The summed E-state index contributed by atoms with van der Waals surface area (Å²) in [6, 6.07) is 0.